The maximum absolute atomic E-state index is 14.8. The number of rotatable bonds is 10. The van der Waals surface area contributed by atoms with Crippen molar-refractivity contribution >= 4 is 0 Å². The van der Waals surface area contributed by atoms with E-state index in [1.807, 2.05) is 6.92 Å². The van der Waals surface area contributed by atoms with E-state index < -0.39 is 29.2 Å². The molecular weight excluding hydrogens is 424 g/mol. The molecule has 0 aliphatic heterocycles. The zero-order chi connectivity index (χ0) is 23.1. The van der Waals surface area contributed by atoms with Gasteiger partial charge in [0.2, 0.25) is 11.6 Å². The fraction of sp³-hybridized carbons (Fsp3) is 0.600. The lowest BCUT2D eigenvalue weighted by Gasteiger charge is -2.44. The van der Waals surface area contributed by atoms with E-state index in [4.69, 9.17) is 14.2 Å². The maximum atomic E-state index is 14.8. The van der Waals surface area contributed by atoms with Gasteiger partial charge in [-0.3, -0.25) is 0 Å². The largest absolute Gasteiger partial charge is 0.490 e. The van der Waals surface area contributed by atoms with Gasteiger partial charge in [0.15, 0.2) is 17.7 Å². The second-order valence-corrected chi connectivity index (χ2v) is 8.48. The number of benzene rings is 1. The maximum Gasteiger partial charge on any atom is 0.204 e. The van der Waals surface area contributed by atoms with Crippen molar-refractivity contribution in [2.24, 2.45) is 11.8 Å². The molecule has 0 bridgehead atoms. The molecule has 0 heterocycles. The molecule has 32 heavy (non-hydrogen) atoms. The molecule has 178 valence electrons. The van der Waals surface area contributed by atoms with E-state index in [2.05, 4.69) is 0 Å². The van der Waals surface area contributed by atoms with Gasteiger partial charge in [-0.25, -0.2) is 8.78 Å². The molecule has 0 spiro atoms. The first-order valence-electron chi connectivity index (χ1n) is 11.5. The van der Waals surface area contributed by atoms with Crippen LogP contribution in [0.1, 0.15) is 52.4 Å². The topological polar surface area (TPSA) is 27.7 Å². The van der Waals surface area contributed by atoms with Crippen LogP contribution >= 0.6 is 0 Å². The van der Waals surface area contributed by atoms with Crippen LogP contribution in [0.25, 0.3) is 0 Å². The van der Waals surface area contributed by atoms with Crippen molar-refractivity contribution in [2.45, 2.75) is 64.1 Å². The summed E-state index contributed by atoms with van der Waals surface area (Å²) in [5, 5.41) is 0. The lowest BCUT2D eigenvalue weighted by atomic mass is 9.70. The van der Waals surface area contributed by atoms with Gasteiger partial charge in [-0.2, -0.15) is 8.78 Å². The van der Waals surface area contributed by atoms with E-state index in [1.54, 1.807) is 13.0 Å². The highest BCUT2D eigenvalue weighted by Gasteiger charge is 2.49. The van der Waals surface area contributed by atoms with Crippen LogP contribution in [0.5, 0.6) is 11.5 Å². The van der Waals surface area contributed by atoms with Crippen LogP contribution in [0.15, 0.2) is 36.2 Å². The van der Waals surface area contributed by atoms with Crippen molar-refractivity contribution in [3.8, 4) is 11.5 Å². The molecule has 2 unspecified atom stereocenters. The van der Waals surface area contributed by atoms with Crippen molar-refractivity contribution in [3.63, 3.8) is 0 Å². The lowest BCUT2D eigenvalue weighted by molar-refractivity contribution is -0.103. The highest BCUT2D eigenvalue weighted by molar-refractivity contribution is 5.35. The van der Waals surface area contributed by atoms with E-state index in [-0.39, 0.29) is 36.5 Å². The Balaban J connectivity index is 1.56. The van der Waals surface area contributed by atoms with E-state index in [9.17, 15) is 17.6 Å². The van der Waals surface area contributed by atoms with Crippen molar-refractivity contribution in [3.05, 3.63) is 47.8 Å². The fourth-order valence-corrected chi connectivity index (χ4v) is 4.56. The van der Waals surface area contributed by atoms with Gasteiger partial charge in [0.25, 0.3) is 0 Å². The van der Waals surface area contributed by atoms with Gasteiger partial charge in [-0.05, 0) is 75.1 Å². The average molecular weight is 457 g/mol. The first kappa shape index (κ1) is 24.6. The monoisotopic (exact) mass is 456 g/mol. The summed E-state index contributed by atoms with van der Waals surface area (Å²) in [6, 6.07) is 2.76. The summed E-state index contributed by atoms with van der Waals surface area (Å²) < 4.78 is 74.0. The lowest BCUT2D eigenvalue weighted by Crippen LogP contribution is -2.50. The molecule has 1 saturated carbocycles. The average Bonchev–Trinajstić information content (AvgIpc) is 2.80. The molecule has 3 rings (SSSR count). The summed E-state index contributed by atoms with van der Waals surface area (Å²) in [5.74, 6) is -3.24. The Bertz CT molecular complexity index is 818. The van der Waals surface area contributed by atoms with E-state index in [1.165, 1.54) is 18.2 Å². The molecule has 0 saturated heterocycles. The van der Waals surface area contributed by atoms with Crippen LogP contribution in [-0.4, -0.2) is 31.6 Å². The molecule has 1 aromatic rings. The minimum Gasteiger partial charge on any atom is -0.490 e. The molecule has 2 atom stereocenters. The van der Waals surface area contributed by atoms with Gasteiger partial charge in [0, 0.05) is 6.61 Å². The molecule has 2 aliphatic carbocycles. The number of alkyl halides is 1. The zero-order valence-corrected chi connectivity index (χ0v) is 18.7. The summed E-state index contributed by atoms with van der Waals surface area (Å²) >= 11 is 0. The zero-order valence-electron chi connectivity index (χ0n) is 18.7. The van der Waals surface area contributed by atoms with Crippen molar-refractivity contribution in [1.82, 2.24) is 0 Å². The van der Waals surface area contributed by atoms with Crippen LogP contribution in [0.2, 0.25) is 0 Å². The van der Waals surface area contributed by atoms with Gasteiger partial charge >= 0.3 is 0 Å². The highest BCUT2D eigenvalue weighted by Crippen LogP contribution is 2.45. The van der Waals surface area contributed by atoms with Crippen molar-refractivity contribution in [1.29, 1.82) is 0 Å². The van der Waals surface area contributed by atoms with Gasteiger partial charge < -0.3 is 14.2 Å². The summed E-state index contributed by atoms with van der Waals surface area (Å²) in [4.78, 5) is 0. The van der Waals surface area contributed by atoms with Gasteiger partial charge in [-0.1, -0.05) is 19.4 Å². The summed E-state index contributed by atoms with van der Waals surface area (Å²) in [7, 11) is 0. The smallest absolute Gasteiger partial charge is 0.204 e. The van der Waals surface area contributed by atoms with Crippen LogP contribution < -0.4 is 9.47 Å². The Morgan fingerprint density at radius 1 is 0.969 bits per heavy atom. The van der Waals surface area contributed by atoms with Crippen LogP contribution in [0, 0.1) is 23.5 Å². The second kappa shape index (κ2) is 11.2. The predicted octanol–water partition coefficient (Wildman–Crippen LogP) is 6.87. The SMILES string of the molecule is CCCCOc1ccc(OCC2CCC(C3(OCC)C=CC=C(F)C3F)CC2)c(F)c1F. The van der Waals surface area contributed by atoms with Crippen LogP contribution in [0.3, 0.4) is 0 Å². The normalized spacial score (nSPS) is 27.8. The number of allylic oxidation sites excluding steroid dienone is 2. The van der Waals surface area contributed by atoms with E-state index in [0.29, 0.717) is 32.3 Å². The Morgan fingerprint density at radius 2 is 1.62 bits per heavy atom. The third-order valence-electron chi connectivity index (χ3n) is 6.37. The molecule has 2 aliphatic rings. The number of hydrogen-bond donors (Lipinski definition) is 0. The Labute approximate surface area is 187 Å². The first-order chi connectivity index (χ1) is 15.4. The van der Waals surface area contributed by atoms with Gasteiger partial charge in [0.05, 0.1) is 13.2 Å². The molecule has 0 aromatic heterocycles. The third kappa shape index (κ3) is 5.30. The summed E-state index contributed by atoms with van der Waals surface area (Å²) in [5.41, 5.74) is -1.29. The first-order valence-corrected chi connectivity index (χ1v) is 11.5. The number of ether oxygens (including phenoxy) is 3. The standard InChI is InChI=1S/C25H32F4O3/c1-3-5-15-30-20-12-13-21(23(28)22(20)27)31-16-17-8-10-18(11-9-17)25(32-4-2)14-6-7-19(26)24(25)29/h6-7,12-14,17-18,24H,3-5,8-11,15-16H2,1-2H3. The molecular formula is C25H32F4O3. The fourth-order valence-electron chi connectivity index (χ4n) is 4.56. The predicted molar refractivity (Wildman–Crippen MR) is 115 cm³/mol. The van der Waals surface area contributed by atoms with Crippen LogP contribution in [-0.2, 0) is 4.74 Å². The number of halogens is 4. The Kier molecular flexibility index (Phi) is 8.63. The molecule has 0 N–H and O–H groups in total. The molecule has 7 heteroatoms. The third-order valence-corrected chi connectivity index (χ3v) is 6.37. The van der Waals surface area contributed by atoms with Gasteiger partial charge in [-0.15, -0.1) is 0 Å². The second-order valence-electron chi connectivity index (χ2n) is 8.48. The quantitative estimate of drug-likeness (QED) is 0.284. The molecule has 0 radical (unpaired) electrons. The molecule has 1 aromatic carbocycles. The van der Waals surface area contributed by atoms with Crippen LogP contribution in [0.4, 0.5) is 17.6 Å². The molecule has 0 amide bonds. The number of hydrogen-bond acceptors (Lipinski definition) is 3. The van der Waals surface area contributed by atoms with Crippen molar-refractivity contribution < 1.29 is 31.8 Å². The summed E-state index contributed by atoms with van der Waals surface area (Å²) in [6.45, 7) is 4.59. The van der Waals surface area contributed by atoms with Gasteiger partial charge in [0.1, 0.15) is 11.4 Å². The minimum atomic E-state index is -1.82. The molecule has 3 nitrogen and oxygen atoms in total. The number of unbranched alkanes of at least 4 members (excludes halogenated alkanes) is 1. The highest BCUT2D eigenvalue weighted by atomic mass is 19.2. The molecule has 1 fully saturated rings. The Morgan fingerprint density at radius 3 is 2.25 bits per heavy atom. The van der Waals surface area contributed by atoms with Crippen molar-refractivity contribution in [2.75, 3.05) is 19.8 Å². The summed E-state index contributed by atoms with van der Waals surface area (Å²) in [6.07, 6.45) is 6.79. The van der Waals surface area contributed by atoms with E-state index in [0.717, 1.165) is 18.9 Å². The van der Waals surface area contributed by atoms with E-state index >= 15 is 0 Å². The minimum absolute atomic E-state index is 0.110. The Hall–Kier alpha value is -2.02.